The molecule has 0 fully saturated rings. The van der Waals surface area contributed by atoms with Crippen LogP contribution in [0.1, 0.15) is 0 Å². The van der Waals surface area contributed by atoms with Crippen LogP contribution in [0.15, 0.2) is 24.3 Å². The van der Waals surface area contributed by atoms with Crippen molar-refractivity contribution in [3.05, 3.63) is 24.3 Å². The topological polar surface area (TPSA) is 29.5 Å². The van der Waals surface area contributed by atoms with Gasteiger partial charge in [-0.15, -0.1) is 13.2 Å². The maximum absolute atomic E-state index is 11.7. The van der Waals surface area contributed by atoms with Crippen molar-refractivity contribution in [3.8, 4) is 5.75 Å². The van der Waals surface area contributed by atoms with Crippen molar-refractivity contribution in [1.29, 1.82) is 0 Å². The fourth-order valence-electron chi connectivity index (χ4n) is 0.805. The highest BCUT2D eigenvalue weighted by molar-refractivity contribution is 6.46. The SMILES string of the molecule is O[B]c1ccccc1OC(F)(F)F. The fraction of sp³-hybridized carbons (Fsp3) is 0.143. The van der Waals surface area contributed by atoms with Crippen LogP contribution < -0.4 is 10.2 Å². The standard InChI is InChI=1S/C7H5BF3O2/c9-7(10,11)13-6-4-2-1-3-5(6)8-12/h1-4,12H. The van der Waals surface area contributed by atoms with Crippen molar-refractivity contribution in [2.24, 2.45) is 0 Å². The van der Waals surface area contributed by atoms with Crippen LogP contribution in [0.5, 0.6) is 5.75 Å². The Morgan fingerprint density at radius 2 is 1.85 bits per heavy atom. The molecule has 0 aromatic heterocycles. The smallest absolute Gasteiger partial charge is 0.450 e. The Kier molecular flexibility index (Phi) is 2.82. The summed E-state index contributed by atoms with van der Waals surface area (Å²) in [6.07, 6.45) is -4.74. The van der Waals surface area contributed by atoms with Crippen LogP contribution in [0.3, 0.4) is 0 Å². The Morgan fingerprint density at radius 3 is 2.38 bits per heavy atom. The quantitative estimate of drug-likeness (QED) is 0.697. The average molecular weight is 189 g/mol. The summed E-state index contributed by atoms with van der Waals surface area (Å²) in [5.41, 5.74) is -0.0141. The summed E-state index contributed by atoms with van der Waals surface area (Å²) in [6.45, 7) is 0. The molecular weight excluding hydrogens is 184 g/mol. The summed E-state index contributed by atoms with van der Waals surface area (Å²) in [7, 11) is 0.557. The molecule has 1 aromatic rings. The number of rotatable bonds is 2. The van der Waals surface area contributed by atoms with Crippen LogP contribution in [-0.4, -0.2) is 18.9 Å². The number of halogens is 3. The molecule has 1 radical (unpaired) electrons. The van der Waals surface area contributed by atoms with Gasteiger partial charge in [0, 0.05) is 0 Å². The molecule has 0 amide bonds. The third kappa shape index (κ3) is 2.98. The molecule has 0 heterocycles. The van der Waals surface area contributed by atoms with Gasteiger partial charge in [-0.2, -0.15) is 0 Å². The minimum Gasteiger partial charge on any atom is -0.450 e. The van der Waals surface area contributed by atoms with Crippen LogP contribution in [0.25, 0.3) is 0 Å². The van der Waals surface area contributed by atoms with Gasteiger partial charge in [-0.25, -0.2) is 0 Å². The molecule has 0 saturated carbocycles. The van der Waals surface area contributed by atoms with Crippen LogP contribution in [-0.2, 0) is 0 Å². The predicted molar refractivity (Wildman–Crippen MR) is 40.7 cm³/mol. The maximum Gasteiger partial charge on any atom is 0.573 e. The molecule has 1 rings (SSSR count). The maximum atomic E-state index is 11.7. The fourth-order valence-corrected chi connectivity index (χ4v) is 0.805. The van der Waals surface area contributed by atoms with Gasteiger partial charge >= 0.3 is 13.8 Å². The van der Waals surface area contributed by atoms with E-state index in [1.165, 1.54) is 18.2 Å². The van der Waals surface area contributed by atoms with Gasteiger partial charge in [0.05, 0.1) is 0 Å². The molecule has 2 nitrogen and oxygen atoms in total. The van der Waals surface area contributed by atoms with E-state index in [1.807, 2.05) is 0 Å². The second-order valence-corrected chi connectivity index (χ2v) is 2.21. The summed E-state index contributed by atoms with van der Waals surface area (Å²) in [5, 5.41) is 8.54. The number of ether oxygens (including phenoxy) is 1. The van der Waals surface area contributed by atoms with E-state index in [4.69, 9.17) is 5.02 Å². The Balaban J connectivity index is 2.87. The molecule has 0 bridgehead atoms. The molecule has 1 aromatic carbocycles. The molecule has 0 saturated heterocycles. The highest BCUT2D eigenvalue weighted by atomic mass is 19.4. The Bertz CT molecular complexity index is 287. The molecule has 0 aliphatic carbocycles. The number of hydrogen-bond donors (Lipinski definition) is 1. The first-order chi connectivity index (χ1) is 6.03. The largest absolute Gasteiger partial charge is 0.573 e. The van der Waals surface area contributed by atoms with E-state index >= 15 is 0 Å². The van der Waals surface area contributed by atoms with E-state index in [1.54, 1.807) is 0 Å². The van der Waals surface area contributed by atoms with Gasteiger partial charge in [0.15, 0.2) is 0 Å². The van der Waals surface area contributed by atoms with Crippen LogP contribution in [0, 0.1) is 0 Å². The first-order valence-electron chi connectivity index (χ1n) is 3.35. The van der Waals surface area contributed by atoms with Crippen molar-refractivity contribution in [2.45, 2.75) is 6.36 Å². The molecule has 0 atom stereocenters. The lowest BCUT2D eigenvalue weighted by Gasteiger charge is -2.10. The van der Waals surface area contributed by atoms with E-state index in [2.05, 4.69) is 4.74 Å². The first kappa shape index (κ1) is 9.92. The van der Waals surface area contributed by atoms with Crippen molar-refractivity contribution < 1.29 is 22.9 Å². The summed E-state index contributed by atoms with van der Waals surface area (Å²) >= 11 is 0. The number of hydrogen-bond acceptors (Lipinski definition) is 2. The lowest BCUT2D eigenvalue weighted by Crippen LogP contribution is -2.24. The molecule has 6 heteroatoms. The minimum absolute atomic E-state index is 0.0141. The van der Waals surface area contributed by atoms with E-state index < -0.39 is 12.1 Å². The van der Waals surface area contributed by atoms with E-state index in [-0.39, 0.29) is 5.46 Å². The number of para-hydroxylation sites is 1. The number of alkyl halides is 3. The van der Waals surface area contributed by atoms with Crippen molar-refractivity contribution in [3.63, 3.8) is 0 Å². The van der Waals surface area contributed by atoms with Gasteiger partial charge in [0.25, 0.3) is 0 Å². The lowest BCUT2D eigenvalue weighted by molar-refractivity contribution is -0.274. The minimum atomic E-state index is -4.74. The normalized spacial score (nSPS) is 11.1. The third-order valence-corrected chi connectivity index (χ3v) is 1.28. The molecule has 0 aliphatic heterocycles. The molecule has 0 unspecified atom stereocenters. The van der Waals surface area contributed by atoms with Gasteiger partial charge in [-0.05, 0) is 11.5 Å². The second kappa shape index (κ2) is 3.70. The molecule has 0 aliphatic rings. The van der Waals surface area contributed by atoms with E-state index in [9.17, 15) is 13.2 Å². The lowest BCUT2D eigenvalue weighted by atomic mass is 9.88. The molecule has 13 heavy (non-hydrogen) atoms. The van der Waals surface area contributed by atoms with Gasteiger partial charge in [-0.1, -0.05) is 18.2 Å². The first-order valence-corrected chi connectivity index (χ1v) is 3.35. The molecule has 69 valence electrons. The van der Waals surface area contributed by atoms with Crippen LogP contribution >= 0.6 is 0 Å². The third-order valence-electron chi connectivity index (χ3n) is 1.28. The van der Waals surface area contributed by atoms with Crippen LogP contribution in [0.4, 0.5) is 13.2 Å². The Labute approximate surface area is 73.2 Å². The second-order valence-electron chi connectivity index (χ2n) is 2.21. The van der Waals surface area contributed by atoms with Crippen molar-refractivity contribution >= 4 is 12.9 Å². The van der Waals surface area contributed by atoms with Gasteiger partial charge in [-0.3, -0.25) is 0 Å². The zero-order valence-corrected chi connectivity index (χ0v) is 6.38. The van der Waals surface area contributed by atoms with Crippen LogP contribution in [0.2, 0.25) is 0 Å². The molecule has 1 N–H and O–H groups in total. The summed E-state index contributed by atoms with van der Waals surface area (Å²) in [5.74, 6) is -0.419. The molecular formula is C7H5BF3O2. The number of benzene rings is 1. The van der Waals surface area contributed by atoms with Gasteiger partial charge in [0.2, 0.25) is 0 Å². The zero-order chi connectivity index (χ0) is 9.90. The summed E-state index contributed by atoms with van der Waals surface area (Å²) in [6, 6.07) is 5.30. The Hall–Kier alpha value is -1.17. The van der Waals surface area contributed by atoms with E-state index in [0.717, 1.165) is 6.07 Å². The predicted octanol–water partition coefficient (Wildman–Crippen LogP) is 0.822. The van der Waals surface area contributed by atoms with E-state index in [0.29, 0.717) is 7.48 Å². The van der Waals surface area contributed by atoms with Gasteiger partial charge in [0.1, 0.15) is 5.75 Å². The van der Waals surface area contributed by atoms with Gasteiger partial charge < -0.3 is 9.76 Å². The molecule has 0 spiro atoms. The summed E-state index contributed by atoms with van der Waals surface area (Å²) in [4.78, 5) is 0. The average Bonchev–Trinajstić information content (AvgIpc) is 2.02. The Morgan fingerprint density at radius 1 is 1.23 bits per heavy atom. The summed E-state index contributed by atoms with van der Waals surface area (Å²) < 4.78 is 38.9. The highest BCUT2D eigenvalue weighted by Crippen LogP contribution is 2.20. The monoisotopic (exact) mass is 189 g/mol. The zero-order valence-electron chi connectivity index (χ0n) is 6.38. The van der Waals surface area contributed by atoms with Crippen molar-refractivity contribution in [2.75, 3.05) is 0 Å². The van der Waals surface area contributed by atoms with Crippen molar-refractivity contribution in [1.82, 2.24) is 0 Å². The highest BCUT2D eigenvalue weighted by Gasteiger charge is 2.31.